The molecule has 0 unspecified atom stereocenters. The van der Waals surface area contributed by atoms with Gasteiger partial charge in [0.25, 0.3) is 0 Å². The first-order valence-electron chi connectivity index (χ1n) is 5.44. The summed E-state index contributed by atoms with van der Waals surface area (Å²) in [5.74, 6) is 0. The van der Waals surface area contributed by atoms with E-state index in [-0.39, 0.29) is 6.61 Å². The molecule has 0 aromatic carbocycles. The summed E-state index contributed by atoms with van der Waals surface area (Å²) in [7, 11) is 0. The monoisotopic (exact) mass is 285 g/mol. The molecule has 1 amide bonds. The van der Waals surface area contributed by atoms with Gasteiger partial charge in [0.2, 0.25) is 0 Å². The van der Waals surface area contributed by atoms with E-state index >= 15 is 0 Å². The Bertz CT molecular complexity index is 465. The van der Waals surface area contributed by atoms with Crippen molar-refractivity contribution in [3.63, 3.8) is 0 Å². The number of nitrogens with one attached hydrogen (secondary N) is 1. The van der Waals surface area contributed by atoms with Crippen molar-refractivity contribution in [3.05, 3.63) is 11.1 Å². The summed E-state index contributed by atoms with van der Waals surface area (Å²) in [6.45, 7) is 5.45. The molecule has 1 heterocycles. The molecular formula is C11H15N3O4S. The van der Waals surface area contributed by atoms with Gasteiger partial charge in [0.05, 0.1) is 5.69 Å². The molecule has 19 heavy (non-hydrogen) atoms. The van der Waals surface area contributed by atoms with Crippen LogP contribution in [0, 0.1) is 0 Å². The van der Waals surface area contributed by atoms with E-state index in [1.54, 1.807) is 26.2 Å². The van der Waals surface area contributed by atoms with Gasteiger partial charge in [-0.1, -0.05) is 5.16 Å². The van der Waals surface area contributed by atoms with Gasteiger partial charge in [-0.25, -0.2) is 9.78 Å². The first-order valence-corrected chi connectivity index (χ1v) is 6.32. The van der Waals surface area contributed by atoms with Crippen molar-refractivity contribution >= 4 is 35.1 Å². The third-order valence-electron chi connectivity index (χ3n) is 1.57. The quantitative estimate of drug-likeness (QED) is 0.509. The Morgan fingerprint density at radius 2 is 2.32 bits per heavy atom. The number of carbonyl (C=O) groups excluding carboxylic acids is 2. The lowest BCUT2D eigenvalue weighted by Crippen LogP contribution is -2.27. The molecule has 0 aliphatic heterocycles. The van der Waals surface area contributed by atoms with Gasteiger partial charge in [-0.05, 0) is 20.8 Å². The number of hydrogen-bond acceptors (Lipinski definition) is 7. The summed E-state index contributed by atoms with van der Waals surface area (Å²) in [5, 5.41) is 8.00. The van der Waals surface area contributed by atoms with E-state index in [1.807, 2.05) is 0 Å². The topological polar surface area (TPSA) is 89.9 Å². The van der Waals surface area contributed by atoms with Crippen LogP contribution in [0.1, 0.15) is 26.5 Å². The van der Waals surface area contributed by atoms with Crippen LogP contribution in [0.2, 0.25) is 0 Å². The highest BCUT2D eigenvalue weighted by atomic mass is 32.1. The maximum atomic E-state index is 11.5. The van der Waals surface area contributed by atoms with E-state index in [4.69, 9.17) is 9.57 Å². The predicted molar refractivity (Wildman–Crippen MR) is 71.3 cm³/mol. The van der Waals surface area contributed by atoms with E-state index < -0.39 is 11.7 Å². The van der Waals surface area contributed by atoms with Crippen LogP contribution in [-0.2, 0) is 21.0 Å². The number of ether oxygens (including phenoxy) is 1. The Labute approximate surface area is 114 Å². The Morgan fingerprint density at radius 3 is 2.95 bits per heavy atom. The van der Waals surface area contributed by atoms with Crippen LogP contribution in [0.25, 0.3) is 0 Å². The average molecular weight is 285 g/mol. The van der Waals surface area contributed by atoms with Crippen molar-refractivity contribution in [2.45, 2.75) is 33.0 Å². The standard InChI is InChI=1S/C11H15N3O4S/c1-11(2,3)18-10(16)14-9-13-8(7-19-9)6-17-12-4-5-15/h4-5,7H,6H2,1-3H3,(H,13,14,16). The third kappa shape index (κ3) is 6.51. The van der Waals surface area contributed by atoms with Gasteiger partial charge in [-0.2, -0.15) is 0 Å². The van der Waals surface area contributed by atoms with E-state index in [9.17, 15) is 9.59 Å². The fourth-order valence-corrected chi connectivity index (χ4v) is 1.67. The maximum absolute atomic E-state index is 11.5. The van der Waals surface area contributed by atoms with Crippen molar-refractivity contribution < 1.29 is 19.2 Å². The summed E-state index contributed by atoms with van der Waals surface area (Å²) in [6, 6.07) is 0. The largest absolute Gasteiger partial charge is 0.444 e. The number of rotatable bonds is 5. The van der Waals surface area contributed by atoms with Crippen LogP contribution < -0.4 is 5.32 Å². The SMILES string of the molecule is CC(C)(C)OC(=O)Nc1nc(CON=CC=O)cs1. The summed E-state index contributed by atoms with van der Waals surface area (Å²) >= 11 is 1.24. The van der Waals surface area contributed by atoms with Crippen molar-refractivity contribution in [2.75, 3.05) is 5.32 Å². The van der Waals surface area contributed by atoms with Gasteiger partial charge in [0.15, 0.2) is 18.0 Å². The van der Waals surface area contributed by atoms with Crippen LogP contribution in [0.5, 0.6) is 0 Å². The molecule has 1 aromatic heterocycles. The lowest BCUT2D eigenvalue weighted by Gasteiger charge is -2.18. The van der Waals surface area contributed by atoms with Gasteiger partial charge >= 0.3 is 6.09 Å². The summed E-state index contributed by atoms with van der Waals surface area (Å²) in [5.41, 5.74) is 0.0377. The summed E-state index contributed by atoms with van der Waals surface area (Å²) in [4.78, 5) is 30.3. The Balaban J connectivity index is 2.44. The minimum Gasteiger partial charge on any atom is -0.444 e. The molecule has 0 aliphatic rings. The normalized spacial score (nSPS) is 11.3. The number of aldehydes is 1. The molecule has 1 N–H and O–H groups in total. The molecule has 8 heteroatoms. The van der Waals surface area contributed by atoms with Crippen LogP contribution in [0.3, 0.4) is 0 Å². The van der Waals surface area contributed by atoms with Crippen LogP contribution in [0.4, 0.5) is 9.93 Å². The molecular weight excluding hydrogens is 270 g/mol. The molecule has 0 fully saturated rings. The molecule has 0 saturated heterocycles. The molecule has 0 spiro atoms. The van der Waals surface area contributed by atoms with E-state index in [2.05, 4.69) is 15.5 Å². The number of amides is 1. The second kappa shape index (κ2) is 6.83. The third-order valence-corrected chi connectivity index (χ3v) is 2.37. The number of anilines is 1. The number of oxime groups is 1. The van der Waals surface area contributed by atoms with Crippen LogP contribution in [0.15, 0.2) is 10.5 Å². The molecule has 7 nitrogen and oxygen atoms in total. The number of thiazole rings is 1. The first kappa shape index (κ1) is 15.1. The number of aromatic nitrogens is 1. The molecule has 0 saturated carbocycles. The minimum absolute atomic E-state index is 0.122. The minimum atomic E-state index is -0.562. The molecule has 1 aromatic rings. The Hall–Kier alpha value is -1.96. The molecule has 0 atom stereocenters. The molecule has 104 valence electrons. The maximum Gasteiger partial charge on any atom is 0.413 e. The van der Waals surface area contributed by atoms with E-state index in [0.29, 0.717) is 17.1 Å². The summed E-state index contributed by atoms with van der Waals surface area (Å²) in [6.07, 6.45) is 0.941. The van der Waals surface area contributed by atoms with Crippen molar-refractivity contribution in [1.29, 1.82) is 0 Å². The zero-order chi connectivity index (χ0) is 14.3. The second-order valence-corrected chi connectivity index (χ2v) is 5.29. The Morgan fingerprint density at radius 1 is 1.58 bits per heavy atom. The van der Waals surface area contributed by atoms with Gasteiger partial charge in [0, 0.05) is 5.38 Å². The van der Waals surface area contributed by atoms with E-state index in [1.165, 1.54) is 11.3 Å². The summed E-state index contributed by atoms with van der Waals surface area (Å²) < 4.78 is 5.09. The zero-order valence-corrected chi connectivity index (χ0v) is 11.7. The lowest BCUT2D eigenvalue weighted by molar-refractivity contribution is -0.102. The van der Waals surface area contributed by atoms with Gasteiger partial charge in [-0.3, -0.25) is 10.1 Å². The second-order valence-electron chi connectivity index (χ2n) is 4.43. The van der Waals surface area contributed by atoms with E-state index in [0.717, 1.165) is 6.21 Å². The molecule has 1 rings (SSSR count). The van der Waals surface area contributed by atoms with Gasteiger partial charge in [-0.15, -0.1) is 11.3 Å². The molecule has 0 aliphatic carbocycles. The van der Waals surface area contributed by atoms with Gasteiger partial charge < -0.3 is 9.57 Å². The number of nitrogens with zero attached hydrogens (tertiary/aromatic N) is 2. The fraction of sp³-hybridized carbons (Fsp3) is 0.455. The van der Waals surface area contributed by atoms with Crippen molar-refractivity contribution in [3.8, 4) is 0 Å². The van der Waals surface area contributed by atoms with Crippen molar-refractivity contribution in [2.24, 2.45) is 5.16 Å². The first-order chi connectivity index (χ1) is 8.90. The number of hydrogen-bond donors (Lipinski definition) is 1. The van der Waals surface area contributed by atoms with Crippen LogP contribution in [-0.4, -0.2) is 29.2 Å². The average Bonchev–Trinajstić information content (AvgIpc) is 2.69. The molecule has 0 bridgehead atoms. The fourth-order valence-electron chi connectivity index (χ4n) is 0.993. The Kier molecular flexibility index (Phi) is 5.43. The highest BCUT2D eigenvalue weighted by Gasteiger charge is 2.17. The van der Waals surface area contributed by atoms with Gasteiger partial charge in [0.1, 0.15) is 11.8 Å². The zero-order valence-electron chi connectivity index (χ0n) is 10.9. The number of carbonyl (C=O) groups is 2. The lowest BCUT2D eigenvalue weighted by atomic mass is 10.2. The highest BCUT2D eigenvalue weighted by molar-refractivity contribution is 7.13. The smallest absolute Gasteiger partial charge is 0.413 e. The predicted octanol–water partition coefficient (Wildman–Crippen LogP) is 2.19. The molecule has 0 radical (unpaired) electrons. The van der Waals surface area contributed by atoms with Crippen LogP contribution >= 0.6 is 11.3 Å². The van der Waals surface area contributed by atoms with Crippen molar-refractivity contribution in [1.82, 2.24) is 4.98 Å². The highest BCUT2D eigenvalue weighted by Crippen LogP contribution is 2.17.